The van der Waals surface area contributed by atoms with Gasteiger partial charge in [0.2, 0.25) is 0 Å². The van der Waals surface area contributed by atoms with Crippen LogP contribution >= 0.6 is 22.9 Å². The van der Waals surface area contributed by atoms with E-state index in [9.17, 15) is 14.0 Å². The van der Waals surface area contributed by atoms with Gasteiger partial charge in [-0.05, 0) is 53.1 Å². The number of nitrogens with zero attached hydrogens (tertiary/aromatic N) is 2. The number of hydrogen-bond acceptors (Lipinski definition) is 8. The summed E-state index contributed by atoms with van der Waals surface area (Å²) >= 11 is 7.94. The molecule has 0 spiro atoms. The smallest absolute Gasteiger partial charge is 0.338 e. The van der Waals surface area contributed by atoms with Gasteiger partial charge in [-0.15, -0.1) is 11.3 Å². The van der Waals surface area contributed by atoms with Crippen molar-refractivity contribution in [2.24, 2.45) is 51.3 Å². The summed E-state index contributed by atoms with van der Waals surface area (Å²) < 4.78 is 24.2. The standard InChI is InChI=1S/C26H21ClFN3O4S/c1-34-12(32)8-25-14-17-15(25)19-16(25)18(14)26(17,19)21-13(24(33)35-2)20(10-4-3-9(28)7-11(10)27)30-22(31-21)23-29-5-6-36-23/h3-7,14-20H,8H2,1-2H3,(H,30,31)/t14?,15?,16?,17?,18?,19?,20-,25?,26?/m1/s1. The molecular formula is C26H21ClFN3O4S. The number of carbonyl (C=O) groups excluding carboxylic acids is 2. The molecule has 2 heterocycles. The van der Waals surface area contributed by atoms with Crippen molar-refractivity contribution in [3.05, 3.63) is 62.5 Å². The number of aliphatic imine (C=N–C) groups is 1. The quantitative estimate of drug-likeness (QED) is 0.578. The van der Waals surface area contributed by atoms with Crippen LogP contribution in [0.25, 0.3) is 0 Å². The summed E-state index contributed by atoms with van der Waals surface area (Å²) in [6.07, 6.45) is 2.21. The number of thiazole rings is 1. The Bertz CT molecular complexity index is 1400. The lowest BCUT2D eigenvalue weighted by atomic mass is 8.91. The summed E-state index contributed by atoms with van der Waals surface area (Å²) in [6.45, 7) is 0. The number of halogens is 2. The van der Waals surface area contributed by atoms with Crippen LogP contribution in [-0.4, -0.2) is 37.0 Å². The Morgan fingerprint density at radius 3 is 2.44 bits per heavy atom. The van der Waals surface area contributed by atoms with Gasteiger partial charge in [0.1, 0.15) is 11.9 Å². The van der Waals surface area contributed by atoms with Crippen molar-refractivity contribution in [3.8, 4) is 0 Å². The molecule has 7 nitrogen and oxygen atoms in total. The molecule has 0 unspecified atom stereocenters. The van der Waals surface area contributed by atoms with E-state index < -0.39 is 17.8 Å². The van der Waals surface area contributed by atoms with E-state index >= 15 is 0 Å². The molecule has 1 aliphatic heterocycles. The number of carbonyl (C=O) groups is 2. The Labute approximate surface area is 214 Å². The van der Waals surface area contributed by atoms with E-state index in [0.717, 1.165) is 5.70 Å². The van der Waals surface area contributed by atoms with Gasteiger partial charge in [0.05, 0.1) is 26.2 Å². The van der Waals surface area contributed by atoms with Crippen LogP contribution in [0, 0.1) is 52.2 Å². The summed E-state index contributed by atoms with van der Waals surface area (Å²) in [5.74, 6) is 2.33. The van der Waals surface area contributed by atoms with Crippen molar-refractivity contribution < 1.29 is 23.5 Å². The number of rotatable bonds is 6. The molecule has 1 atom stereocenters. The van der Waals surface area contributed by atoms with Crippen molar-refractivity contribution in [2.75, 3.05) is 14.2 Å². The van der Waals surface area contributed by atoms with Crippen LogP contribution in [0.2, 0.25) is 5.02 Å². The molecule has 0 saturated heterocycles. The van der Waals surface area contributed by atoms with Gasteiger partial charge in [-0.25, -0.2) is 14.2 Å². The number of allylic oxidation sites excluding steroid dienone is 1. The summed E-state index contributed by atoms with van der Waals surface area (Å²) in [6, 6.07) is 3.41. The molecule has 184 valence electrons. The van der Waals surface area contributed by atoms with E-state index in [1.165, 1.54) is 37.7 Å². The van der Waals surface area contributed by atoms with Gasteiger partial charge in [-0.3, -0.25) is 9.79 Å². The van der Waals surface area contributed by atoms with Crippen LogP contribution < -0.4 is 5.32 Å². The van der Waals surface area contributed by atoms with Crippen molar-refractivity contribution in [1.29, 1.82) is 0 Å². The molecule has 1 aromatic carbocycles. The monoisotopic (exact) mass is 525 g/mol. The number of ether oxygens (including phenoxy) is 2. The number of methoxy groups -OCH3 is 2. The van der Waals surface area contributed by atoms with Crippen LogP contribution in [0.5, 0.6) is 0 Å². The maximum atomic E-state index is 13.9. The number of amidine groups is 1. The van der Waals surface area contributed by atoms with Gasteiger partial charge < -0.3 is 14.8 Å². The third-order valence-corrected chi connectivity index (χ3v) is 11.4. The zero-order valence-corrected chi connectivity index (χ0v) is 20.9. The number of hydrogen-bond donors (Lipinski definition) is 1. The minimum atomic E-state index is -0.745. The van der Waals surface area contributed by atoms with Gasteiger partial charge in [-0.2, -0.15) is 0 Å². The van der Waals surface area contributed by atoms with Gasteiger partial charge in [0.25, 0.3) is 0 Å². The van der Waals surface area contributed by atoms with Gasteiger partial charge in [0.15, 0.2) is 10.8 Å². The van der Waals surface area contributed by atoms with E-state index in [2.05, 4.69) is 10.3 Å². The van der Waals surface area contributed by atoms with E-state index in [1.54, 1.807) is 12.3 Å². The van der Waals surface area contributed by atoms with E-state index in [1.807, 2.05) is 5.38 Å². The highest BCUT2D eigenvalue weighted by molar-refractivity contribution is 7.11. The molecule has 1 aromatic heterocycles. The first-order valence-electron chi connectivity index (χ1n) is 12.0. The second-order valence-electron chi connectivity index (χ2n) is 10.7. The van der Waals surface area contributed by atoms with Gasteiger partial charge in [-0.1, -0.05) is 17.7 Å². The first kappa shape index (κ1) is 21.3. The number of esters is 2. The summed E-state index contributed by atoms with van der Waals surface area (Å²) in [4.78, 5) is 34.8. The predicted molar refractivity (Wildman–Crippen MR) is 127 cm³/mol. The molecular weight excluding hydrogens is 505 g/mol. The predicted octanol–water partition coefficient (Wildman–Crippen LogP) is 3.75. The molecule has 6 saturated carbocycles. The average molecular weight is 526 g/mol. The molecule has 36 heavy (non-hydrogen) atoms. The Balaban J connectivity index is 1.25. The molecule has 10 heteroatoms. The average Bonchev–Trinajstić information content (AvgIpc) is 3.43. The van der Waals surface area contributed by atoms with E-state index in [0.29, 0.717) is 63.9 Å². The van der Waals surface area contributed by atoms with Crippen LogP contribution in [0.4, 0.5) is 4.39 Å². The summed E-state index contributed by atoms with van der Waals surface area (Å²) in [5.41, 5.74) is 1.82. The van der Waals surface area contributed by atoms with Crippen LogP contribution in [0.1, 0.15) is 23.0 Å². The van der Waals surface area contributed by atoms with Crippen LogP contribution in [0.3, 0.4) is 0 Å². The highest BCUT2D eigenvalue weighted by Gasteiger charge is 3.10. The van der Waals surface area contributed by atoms with Gasteiger partial charge in [0, 0.05) is 33.3 Å². The Morgan fingerprint density at radius 2 is 1.86 bits per heavy atom. The fourth-order valence-electron chi connectivity index (χ4n) is 9.54. The zero-order valence-electron chi connectivity index (χ0n) is 19.3. The molecule has 0 amide bonds. The maximum absolute atomic E-state index is 13.9. The minimum Gasteiger partial charge on any atom is -0.469 e. The normalized spacial score (nSPS) is 41.3. The number of aromatic nitrogens is 1. The van der Waals surface area contributed by atoms with Crippen LogP contribution in [0.15, 0.2) is 46.0 Å². The number of benzene rings is 1. The summed E-state index contributed by atoms with van der Waals surface area (Å²) in [5, 5.41) is 6.31. The topological polar surface area (TPSA) is 89.9 Å². The van der Waals surface area contributed by atoms with E-state index in [4.69, 9.17) is 26.1 Å². The second kappa shape index (κ2) is 6.55. The fraction of sp³-hybridized carbons (Fsp3) is 0.462. The highest BCUT2D eigenvalue weighted by Crippen LogP contribution is 3.11. The molecule has 0 bridgehead atoms. The van der Waals surface area contributed by atoms with Crippen LogP contribution in [-0.2, 0) is 19.1 Å². The lowest BCUT2D eigenvalue weighted by Crippen LogP contribution is -3.10. The largest absolute Gasteiger partial charge is 0.469 e. The lowest BCUT2D eigenvalue weighted by Gasteiger charge is -3.11. The molecule has 9 rings (SSSR count). The fourth-order valence-corrected chi connectivity index (χ4v) is 10.4. The van der Waals surface area contributed by atoms with Crippen molar-refractivity contribution in [2.45, 2.75) is 12.5 Å². The lowest BCUT2D eigenvalue weighted by molar-refractivity contribution is -0.647. The Kier molecular flexibility index (Phi) is 3.88. The molecule has 2 aromatic rings. The Hall–Kier alpha value is -2.78. The third-order valence-electron chi connectivity index (χ3n) is 10.3. The van der Waals surface area contributed by atoms with Gasteiger partial charge >= 0.3 is 11.9 Å². The SMILES string of the molecule is COC(=O)CC12C3C4C1C1C2C3C41C1=C(C(=O)OC)[C@@H](c2ccc(F)cc2Cl)N=C(c2nccs2)N1. The number of nitrogens with one attached hydrogen (secondary N) is 1. The molecule has 1 N–H and O–H groups in total. The van der Waals surface area contributed by atoms with Crippen molar-refractivity contribution in [1.82, 2.24) is 10.3 Å². The minimum absolute atomic E-state index is 0.112. The van der Waals surface area contributed by atoms with Crippen molar-refractivity contribution >= 4 is 40.7 Å². The summed E-state index contributed by atoms with van der Waals surface area (Å²) in [7, 11) is 2.81. The molecule has 6 aliphatic carbocycles. The first-order valence-corrected chi connectivity index (χ1v) is 13.3. The first-order chi connectivity index (χ1) is 17.4. The Morgan fingerprint density at radius 1 is 1.14 bits per heavy atom. The highest BCUT2D eigenvalue weighted by atomic mass is 35.5. The van der Waals surface area contributed by atoms with E-state index in [-0.39, 0.29) is 21.8 Å². The third kappa shape index (κ3) is 1.97. The molecule has 7 aliphatic rings. The second-order valence-corrected chi connectivity index (χ2v) is 12.0. The molecule has 6 fully saturated rings. The molecule has 0 radical (unpaired) electrons. The maximum Gasteiger partial charge on any atom is 0.338 e. The zero-order chi connectivity index (χ0) is 24.7. The van der Waals surface area contributed by atoms with Crippen molar-refractivity contribution in [3.63, 3.8) is 0 Å².